The molecule has 3 heterocycles. The van der Waals surface area contributed by atoms with Gasteiger partial charge in [0.2, 0.25) is 0 Å². The summed E-state index contributed by atoms with van der Waals surface area (Å²) >= 11 is 0. The first-order chi connectivity index (χ1) is 10.7. The summed E-state index contributed by atoms with van der Waals surface area (Å²) in [4.78, 5) is 19.6. The molecule has 2 aromatic heterocycles. The summed E-state index contributed by atoms with van der Waals surface area (Å²) in [6.07, 6.45) is 1.91. The van der Waals surface area contributed by atoms with Crippen molar-refractivity contribution >= 4 is 22.1 Å². The third-order valence-corrected chi connectivity index (χ3v) is 3.67. The maximum atomic E-state index is 12.3. The van der Waals surface area contributed by atoms with Gasteiger partial charge in [0.15, 0.2) is 11.5 Å². The highest BCUT2D eigenvalue weighted by Crippen LogP contribution is 2.25. The lowest BCUT2D eigenvalue weighted by Crippen LogP contribution is -2.23. The molecular weight excluding hydrogens is 284 g/mol. The van der Waals surface area contributed by atoms with E-state index in [9.17, 15) is 4.79 Å². The van der Waals surface area contributed by atoms with Crippen LogP contribution >= 0.6 is 0 Å². The van der Waals surface area contributed by atoms with Crippen LogP contribution in [-0.4, -0.2) is 45.3 Å². The van der Waals surface area contributed by atoms with Crippen LogP contribution in [0.5, 0.6) is 5.75 Å². The zero-order chi connectivity index (χ0) is 15.3. The van der Waals surface area contributed by atoms with Crippen molar-refractivity contribution in [3.63, 3.8) is 0 Å². The summed E-state index contributed by atoms with van der Waals surface area (Å²) in [6.45, 7) is 0.631. The zero-order valence-corrected chi connectivity index (χ0v) is 12.1. The van der Waals surface area contributed by atoms with Gasteiger partial charge in [0.05, 0.1) is 12.6 Å². The van der Waals surface area contributed by atoms with Gasteiger partial charge in [-0.05, 0) is 12.1 Å². The second-order valence-electron chi connectivity index (χ2n) is 5.08. The number of fused-ring (bicyclic) bond motifs is 3. The molecule has 1 aromatic carbocycles. The maximum absolute atomic E-state index is 12.3. The Bertz CT molecular complexity index is 971. The molecule has 0 radical (unpaired) electrons. The van der Waals surface area contributed by atoms with E-state index >= 15 is 0 Å². The molecule has 0 fully saturated rings. The first kappa shape index (κ1) is 12.8. The topological polar surface area (TPSA) is 87.5 Å². The van der Waals surface area contributed by atoms with Gasteiger partial charge in [0.25, 0.3) is 0 Å². The largest absolute Gasteiger partial charge is 0.495 e. The number of para-hydroxylation sites is 1. The van der Waals surface area contributed by atoms with Gasteiger partial charge in [-0.15, -0.1) is 5.10 Å². The van der Waals surface area contributed by atoms with E-state index in [4.69, 9.17) is 4.74 Å². The maximum Gasteiger partial charge on any atom is 0.348 e. The molecule has 112 valence electrons. The van der Waals surface area contributed by atoms with Gasteiger partial charge in [-0.25, -0.2) is 15.2 Å². The van der Waals surface area contributed by atoms with Crippen molar-refractivity contribution < 1.29 is 4.74 Å². The lowest BCUT2D eigenvalue weighted by Gasteiger charge is -2.04. The Morgan fingerprint density at radius 2 is 2.23 bits per heavy atom. The number of H-pyrrole nitrogens is 1. The van der Waals surface area contributed by atoms with Gasteiger partial charge < -0.3 is 14.7 Å². The van der Waals surface area contributed by atoms with Gasteiger partial charge in [-0.1, -0.05) is 6.07 Å². The number of aromatic nitrogens is 4. The van der Waals surface area contributed by atoms with E-state index in [0.717, 1.165) is 11.0 Å². The van der Waals surface area contributed by atoms with Crippen LogP contribution in [0.15, 0.2) is 29.2 Å². The Balaban J connectivity index is 2.03. The third-order valence-electron chi connectivity index (χ3n) is 3.67. The molecule has 3 aromatic rings. The van der Waals surface area contributed by atoms with Gasteiger partial charge in [-0.3, -0.25) is 0 Å². The first-order valence-corrected chi connectivity index (χ1v) is 6.80. The summed E-state index contributed by atoms with van der Waals surface area (Å²) < 4.78 is 6.58. The van der Waals surface area contributed by atoms with Crippen LogP contribution in [0, 0.1) is 0 Å². The third kappa shape index (κ3) is 1.77. The summed E-state index contributed by atoms with van der Waals surface area (Å²) in [5, 5.41) is 6.95. The highest BCUT2D eigenvalue weighted by molar-refractivity contribution is 5.94. The minimum atomic E-state index is -0.342. The summed E-state index contributed by atoms with van der Waals surface area (Å²) in [5.74, 6) is 1.14. The van der Waals surface area contributed by atoms with Crippen molar-refractivity contribution in [3.8, 4) is 5.75 Å². The van der Waals surface area contributed by atoms with E-state index in [1.807, 2.05) is 30.4 Å². The average molecular weight is 298 g/mol. The Kier molecular flexibility index (Phi) is 2.67. The highest BCUT2D eigenvalue weighted by atomic mass is 16.5. The lowest BCUT2D eigenvalue weighted by atomic mass is 10.2. The monoisotopic (exact) mass is 298 g/mol. The van der Waals surface area contributed by atoms with Crippen molar-refractivity contribution in [2.45, 2.75) is 0 Å². The molecule has 0 unspecified atom stereocenters. The van der Waals surface area contributed by atoms with E-state index in [0.29, 0.717) is 29.3 Å². The van der Waals surface area contributed by atoms with E-state index in [2.05, 4.69) is 20.5 Å². The smallest absolute Gasteiger partial charge is 0.348 e. The number of nitrogens with one attached hydrogen (secondary N) is 2. The number of rotatable bonds is 2. The standard InChI is InChI=1S/C14H14N6O2/c1-19-7-8(6-15-19)12-17-13-9-4-3-5-10(22-2)11(9)16-14(21)20(13)18-12/h3-5,7,15H,6H2,1-2H3,(H,16,21). The van der Waals surface area contributed by atoms with Crippen molar-refractivity contribution in [1.29, 1.82) is 0 Å². The van der Waals surface area contributed by atoms with Crippen molar-refractivity contribution in [2.75, 3.05) is 20.7 Å². The zero-order valence-electron chi connectivity index (χ0n) is 12.1. The first-order valence-electron chi connectivity index (χ1n) is 6.80. The molecule has 8 heteroatoms. The Morgan fingerprint density at radius 1 is 1.36 bits per heavy atom. The molecule has 0 atom stereocenters. The molecule has 0 aliphatic carbocycles. The van der Waals surface area contributed by atoms with Crippen molar-refractivity contribution in [1.82, 2.24) is 30.0 Å². The number of methoxy groups -OCH3 is 1. The summed E-state index contributed by atoms with van der Waals surface area (Å²) in [6, 6.07) is 5.54. The summed E-state index contributed by atoms with van der Waals surface area (Å²) in [5.41, 5.74) is 4.86. The van der Waals surface area contributed by atoms with Gasteiger partial charge in [0, 0.05) is 30.8 Å². The molecule has 1 aliphatic rings. The van der Waals surface area contributed by atoms with Gasteiger partial charge in [-0.2, -0.15) is 4.52 Å². The van der Waals surface area contributed by atoms with Crippen LogP contribution < -0.4 is 15.9 Å². The molecular formula is C14H14N6O2. The number of nitrogens with zero attached hydrogens (tertiary/aromatic N) is 4. The Hall–Kier alpha value is -2.87. The molecule has 22 heavy (non-hydrogen) atoms. The van der Waals surface area contributed by atoms with Crippen LogP contribution in [0.4, 0.5) is 0 Å². The van der Waals surface area contributed by atoms with Crippen molar-refractivity contribution in [3.05, 3.63) is 40.7 Å². The normalized spacial score (nSPS) is 14.8. The van der Waals surface area contributed by atoms with Crippen LogP contribution in [0.3, 0.4) is 0 Å². The fraction of sp³-hybridized carbons (Fsp3) is 0.214. The van der Waals surface area contributed by atoms with Gasteiger partial charge in [0.1, 0.15) is 5.75 Å². The molecule has 0 saturated heterocycles. The average Bonchev–Trinajstić information content (AvgIpc) is 3.13. The van der Waals surface area contributed by atoms with Crippen LogP contribution in [0.2, 0.25) is 0 Å². The number of aromatic amines is 1. The second-order valence-corrected chi connectivity index (χ2v) is 5.08. The number of hydrazine groups is 1. The molecule has 2 N–H and O–H groups in total. The van der Waals surface area contributed by atoms with Gasteiger partial charge >= 0.3 is 5.69 Å². The second kappa shape index (κ2) is 4.57. The van der Waals surface area contributed by atoms with E-state index < -0.39 is 0 Å². The minimum absolute atomic E-state index is 0.342. The Morgan fingerprint density at radius 3 is 2.95 bits per heavy atom. The fourth-order valence-corrected chi connectivity index (χ4v) is 2.61. The predicted octanol–water partition coefficient (Wildman–Crippen LogP) is 0.370. The van der Waals surface area contributed by atoms with Crippen molar-refractivity contribution in [2.24, 2.45) is 0 Å². The molecule has 0 bridgehead atoms. The van der Waals surface area contributed by atoms with E-state index in [1.165, 1.54) is 4.52 Å². The van der Waals surface area contributed by atoms with E-state index in [-0.39, 0.29) is 5.69 Å². The number of benzene rings is 1. The Labute approximate surface area is 125 Å². The highest BCUT2D eigenvalue weighted by Gasteiger charge is 2.18. The summed E-state index contributed by atoms with van der Waals surface area (Å²) in [7, 11) is 3.47. The molecule has 0 amide bonds. The molecule has 0 spiro atoms. The van der Waals surface area contributed by atoms with E-state index in [1.54, 1.807) is 13.2 Å². The minimum Gasteiger partial charge on any atom is -0.495 e. The molecule has 4 rings (SSSR count). The number of hydrogen-bond donors (Lipinski definition) is 2. The SMILES string of the molecule is COc1cccc2c1[nH]c(=O)n1nc(C3=CN(C)NC3)nc21. The molecule has 1 aliphatic heterocycles. The van der Waals surface area contributed by atoms with Crippen LogP contribution in [0.1, 0.15) is 5.82 Å². The predicted molar refractivity (Wildman–Crippen MR) is 81.4 cm³/mol. The molecule has 8 nitrogen and oxygen atoms in total. The number of ether oxygens (including phenoxy) is 1. The lowest BCUT2D eigenvalue weighted by molar-refractivity contribution is 0.374. The number of hydrogen-bond acceptors (Lipinski definition) is 6. The van der Waals surface area contributed by atoms with Crippen LogP contribution in [0.25, 0.3) is 22.1 Å². The molecule has 0 saturated carbocycles. The fourth-order valence-electron chi connectivity index (χ4n) is 2.61. The van der Waals surface area contributed by atoms with Crippen LogP contribution in [-0.2, 0) is 0 Å². The quantitative estimate of drug-likeness (QED) is 0.711.